The highest BCUT2D eigenvalue weighted by atomic mass is 16.7. The number of amides is 2. The quantitative estimate of drug-likeness (QED) is 0.891. The Morgan fingerprint density at radius 3 is 2.80 bits per heavy atom. The van der Waals surface area contributed by atoms with Gasteiger partial charge in [-0.1, -0.05) is 6.07 Å². The zero-order chi connectivity index (χ0) is 13.9. The van der Waals surface area contributed by atoms with Crippen LogP contribution in [0.3, 0.4) is 0 Å². The lowest BCUT2D eigenvalue weighted by molar-refractivity contribution is 0.0526. The van der Waals surface area contributed by atoms with E-state index >= 15 is 0 Å². The topological polar surface area (TPSA) is 60.0 Å². The minimum atomic E-state index is -0.0835. The highest BCUT2D eigenvalue weighted by Gasteiger charge is 2.20. The second-order valence-corrected chi connectivity index (χ2v) is 4.88. The number of morpholine rings is 1. The molecule has 1 saturated heterocycles. The summed E-state index contributed by atoms with van der Waals surface area (Å²) in [4.78, 5) is 13.9. The summed E-state index contributed by atoms with van der Waals surface area (Å²) in [5.41, 5.74) is 0.996. The van der Waals surface area contributed by atoms with Crippen LogP contribution in [0.2, 0.25) is 0 Å². The van der Waals surface area contributed by atoms with Gasteiger partial charge in [-0.3, -0.25) is 0 Å². The number of benzene rings is 1. The maximum atomic E-state index is 12.1. The summed E-state index contributed by atoms with van der Waals surface area (Å²) >= 11 is 0. The second kappa shape index (κ2) is 5.58. The Labute approximate surface area is 117 Å². The van der Waals surface area contributed by atoms with Gasteiger partial charge in [0.1, 0.15) is 0 Å². The van der Waals surface area contributed by atoms with E-state index in [2.05, 4.69) is 5.32 Å². The summed E-state index contributed by atoms with van der Waals surface area (Å²) in [6.07, 6.45) is 0. The lowest BCUT2D eigenvalue weighted by atomic mass is 10.1. The van der Waals surface area contributed by atoms with Gasteiger partial charge in [0.25, 0.3) is 0 Å². The zero-order valence-electron chi connectivity index (χ0n) is 11.4. The van der Waals surface area contributed by atoms with Crippen LogP contribution < -0.4 is 14.8 Å². The Hall–Kier alpha value is -1.95. The number of hydrogen-bond acceptors (Lipinski definition) is 4. The van der Waals surface area contributed by atoms with Gasteiger partial charge in [-0.15, -0.1) is 0 Å². The standard InChI is InChI=1S/C14H18N2O4/c1-10(15-14(17)16-4-6-18-7-5-16)11-2-3-12-13(8-11)20-9-19-12/h2-3,8,10H,4-7,9H2,1H3,(H,15,17). The molecule has 1 aromatic carbocycles. The van der Waals surface area contributed by atoms with E-state index in [-0.39, 0.29) is 18.9 Å². The average Bonchev–Trinajstić information content (AvgIpc) is 2.95. The minimum absolute atomic E-state index is 0.0570. The molecule has 0 saturated carbocycles. The SMILES string of the molecule is CC(NC(=O)N1CCOCC1)c1ccc2c(c1)OCO2. The molecule has 2 heterocycles. The monoisotopic (exact) mass is 278 g/mol. The number of carbonyl (C=O) groups excluding carboxylic acids is 1. The number of fused-ring (bicyclic) bond motifs is 1. The molecule has 0 spiro atoms. The molecule has 20 heavy (non-hydrogen) atoms. The largest absolute Gasteiger partial charge is 0.454 e. The van der Waals surface area contributed by atoms with Gasteiger partial charge in [0, 0.05) is 13.1 Å². The molecule has 6 heteroatoms. The van der Waals surface area contributed by atoms with Gasteiger partial charge in [0.05, 0.1) is 19.3 Å². The molecule has 1 unspecified atom stereocenters. The number of ether oxygens (including phenoxy) is 3. The van der Waals surface area contributed by atoms with Gasteiger partial charge in [-0.25, -0.2) is 4.79 Å². The molecule has 1 atom stereocenters. The van der Waals surface area contributed by atoms with Gasteiger partial charge in [0.2, 0.25) is 6.79 Å². The smallest absolute Gasteiger partial charge is 0.318 e. The van der Waals surface area contributed by atoms with Crippen molar-refractivity contribution in [3.8, 4) is 11.5 Å². The van der Waals surface area contributed by atoms with Crippen LogP contribution in [-0.2, 0) is 4.74 Å². The summed E-state index contributed by atoms with van der Waals surface area (Å²) in [5.74, 6) is 1.48. The molecule has 1 fully saturated rings. The third-order valence-electron chi connectivity index (χ3n) is 3.53. The zero-order valence-corrected chi connectivity index (χ0v) is 11.4. The lowest BCUT2D eigenvalue weighted by Gasteiger charge is -2.28. The van der Waals surface area contributed by atoms with E-state index in [1.165, 1.54) is 0 Å². The Bertz CT molecular complexity index is 500. The Kier molecular flexibility index (Phi) is 3.64. The maximum Gasteiger partial charge on any atom is 0.318 e. The summed E-state index contributed by atoms with van der Waals surface area (Å²) in [6.45, 7) is 4.69. The van der Waals surface area contributed by atoms with Crippen LogP contribution in [0, 0.1) is 0 Å². The molecule has 2 aliphatic rings. The molecule has 108 valence electrons. The minimum Gasteiger partial charge on any atom is -0.454 e. The molecule has 0 bridgehead atoms. The Morgan fingerprint density at radius 2 is 2.00 bits per heavy atom. The van der Waals surface area contributed by atoms with Gasteiger partial charge < -0.3 is 24.4 Å². The number of nitrogens with zero attached hydrogens (tertiary/aromatic N) is 1. The van der Waals surface area contributed by atoms with Crippen molar-refractivity contribution in [3.63, 3.8) is 0 Å². The molecule has 2 aliphatic heterocycles. The van der Waals surface area contributed by atoms with Gasteiger partial charge in [-0.05, 0) is 24.6 Å². The van der Waals surface area contributed by atoms with Crippen molar-refractivity contribution >= 4 is 6.03 Å². The highest BCUT2D eigenvalue weighted by Crippen LogP contribution is 2.34. The van der Waals surface area contributed by atoms with Crippen LogP contribution in [0.15, 0.2) is 18.2 Å². The van der Waals surface area contributed by atoms with Crippen LogP contribution >= 0.6 is 0 Å². The van der Waals surface area contributed by atoms with Crippen molar-refractivity contribution in [1.29, 1.82) is 0 Å². The van der Waals surface area contributed by atoms with Gasteiger partial charge in [0.15, 0.2) is 11.5 Å². The van der Waals surface area contributed by atoms with Crippen molar-refractivity contribution in [2.45, 2.75) is 13.0 Å². The maximum absolute atomic E-state index is 12.1. The second-order valence-electron chi connectivity index (χ2n) is 4.88. The first-order valence-electron chi connectivity index (χ1n) is 6.77. The summed E-state index contributed by atoms with van der Waals surface area (Å²) < 4.78 is 15.9. The van der Waals surface area contributed by atoms with E-state index in [0.29, 0.717) is 26.3 Å². The molecule has 1 aromatic rings. The third-order valence-corrected chi connectivity index (χ3v) is 3.53. The molecular formula is C14H18N2O4. The van der Waals surface area contributed by atoms with Crippen molar-refractivity contribution in [2.24, 2.45) is 0 Å². The fourth-order valence-corrected chi connectivity index (χ4v) is 2.31. The summed E-state index contributed by atoms with van der Waals surface area (Å²) in [5, 5.41) is 2.99. The lowest BCUT2D eigenvalue weighted by Crippen LogP contribution is -2.46. The summed E-state index contributed by atoms with van der Waals surface area (Å²) in [7, 11) is 0. The van der Waals surface area contributed by atoms with Crippen molar-refractivity contribution in [3.05, 3.63) is 23.8 Å². The first-order valence-corrected chi connectivity index (χ1v) is 6.77. The number of urea groups is 1. The molecule has 0 radical (unpaired) electrons. The molecule has 0 aromatic heterocycles. The van der Waals surface area contributed by atoms with Crippen LogP contribution in [0.5, 0.6) is 11.5 Å². The highest BCUT2D eigenvalue weighted by molar-refractivity contribution is 5.74. The molecule has 1 N–H and O–H groups in total. The molecule has 0 aliphatic carbocycles. The Morgan fingerprint density at radius 1 is 1.25 bits per heavy atom. The number of nitrogens with one attached hydrogen (secondary N) is 1. The fraction of sp³-hybridized carbons (Fsp3) is 0.500. The number of hydrogen-bond donors (Lipinski definition) is 1. The predicted molar refractivity (Wildman–Crippen MR) is 71.9 cm³/mol. The van der Waals surface area contributed by atoms with E-state index in [0.717, 1.165) is 17.1 Å². The van der Waals surface area contributed by atoms with E-state index in [9.17, 15) is 4.79 Å². The van der Waals surface area contributed by atoms with Gasteiger partial charge >= 0.3 is 6.03 Å². The van der Waals surface area contributed by atoms with Crippen molar-refractivity contribution in [2.75, 3.05) is 33.1 Å². The first kappa shape index (κ1) is 13.1. The van der Waals surface area contributed by atoms with E-state index in [1.807, 2.05) is 25.1 Å². The number of rotatable bonds is 2. The average molecular weight is 278 g/mol. The first-order chi connectivity index (χ1) is 9.74. The van der Waals surface area contributed by atoms with Crippen LogP contribution in [0.4, 0.5) is 4.79 Å². The third kappa shape index (κ3) is 2.65. The van der Waals surface area contributed by atoms with Crippen LogP contribution in [0.1, 0.15) is 18.5 Å². The predicted octanol–water partition coefficient (Wildman–Crippen LogP) is 1.52. The molecule has 6 nitrogen and oxygen atoms in total. The van der Waals surface area contributed by atoms with E-state index in [1.54, 1.807) is 4.90 Å². The Balaban J connectivity index is 1.63. The molecule has 3 rings (SSSR count). The summed E-state index contributed by atoms with van der Waals surface area (Å²) in [6, 6.07) is 5.58. The van der Waals surface area contributed by atoms with Gasteiger partial charge in [-0.2, -0.15) is 0 Å². The fourth-order valence-electron chi connectivity index (χ4n) is 2.31. The normalized spacial score (nSPS) is 18.8. The van der Waals surface area contributed by atoms with Crippen molar-refractivity contribution < 1.29 is 19.0 Å². The number of carbonyl (C=O) groups is 1. The molecular weight excluding hydrogens is 260 g/mol. The van der Waals surface area contributed by atoms with E-state index in [4.69, 9.17) is 14.2 Å². The van der Waals surface area contributed by atoms with Crippen LogP contribution in [0.25, 0.3) is 0 Å². The van der Waals surface area contributed by atoms with Crippen molar-refractivity contribution in [1.82, 2.24) is 10.2 Å². The van der Waals surface area contributed by atoms with Crippen LogP contribution in [-0.4, -0.2) is 44.0 Å². The van der Waals surface area contributed by atoms with E-state index < -0.39 is 0 Å². The molecule has 2 amide bonds.